The first kappa shape index (κ1) is 13.1. The van der Waals surface area contributed by atoms with Gasteiger partial charge in [0.2, 0.25) is 5.78 Å². The molecule has 0 unspecified atom stereocenters. The van der Waals surface area contributed by atoms with Gasteiger partial charge in [-0.05, 0) is 24.6 Å². The zero-order valence-corrected chi connectivity index (χ0v) is 11.0. The van der Waals surface area contributed by atoms with Crippen molar-refractivity contribution in [1.29, 1.82) is 0 Å². The average Bonchev–Trinajstić information content (AvgIpc) is 2.44. The van der Waals surface area contributed by atoms with Crippen LogP contribution in [0.1, 0.15) is 47.8 Å². The molecule has 0 saturated carbocycles. The van der Waals surface area contributed by atoms with Gasteiger partial charge in [-0.25, -0.2) is 0 Å². The van der Waals surface area contributed by atoms with E-state index in [1.165, 1.54) is 24.3 Å². The Labute approximate surface area is 119 Å². The number of rotatable bonds is 1. The maximum atomic E-state index is 12.5. The molecule has 2 aromatic carbocycles. The number of aryl methyl sites for hydroxylation is 1. The molecule has 1 aliphatic carbocycles. The molecule has 21 heavy (non-hydrogen) atoms. The third-order valence-electron chi connectivity index (χ3n) is 3.65. The Balaban J connectivity index is 2.42. The average molecular weight is 282 g/mol. The highest BCUT2D eigenvalue weighted by Crippen LogP contribution is 2.38. The van der Waals surface area contributed by atoms with Gasteiger partial charge in [-0.15, -0.1) is 0 Å². The summed E-state index contributed by atoms with van der Waals surface area (Å²) in [5.74, 6) is -1.99. The number of benzene rings is 2. The predicted molar refractivity (Wildman–Crippen MR) is 73.2 cm³/mol. The van der Waals surface area contributed by atoms with E-state index in [1.54, 1.807) is 6.92 Å². The quantitative estimate of drug-likeness (QED) is 0.666. The summed E-state index contributed by atoms with van der Waals surface area (Å²) in [4.78, 5) is 36.0. The fourth-order valence-electron chi connectivity index (χ4n) is 2.61. The Hall–Kier alpha value is -2.95. The molecule has 0 bridgehead atoms. The molecule has 0 radical (unpaired) electrons. The first-order chi connectivity index (χ1) is 9.97. The monoisotopic (exact) mass is 282 g/mol. The summed E-state index contributed by atoms with van der Waals surface area (Å²) in [5, 5.41) is 20.0. The number of phenols is 2. The van der Waals surface area contributed by atoms with Crippen LogP contribution in [0.15, 0.2) is 24.3 Å². The van der Waals surface area contributed by atoms with Crippen molar-refractivity contribution in [2.75, 3.05) is 0 Å². The lowest BCUT2D eigenvalue weighted by atomic mass is 9.81. The molecule has 3 rings (SSSR count). The molecule has 2 N–H and O–H groups in total. The van der Waals surface area contributed by atoms with E-state index in [2.05, 4.69) is 0 Å². The molecule has 104 valence electrons. The molecule has 5 heteroatoms. The van der Waals surface area contributed by atoms with Crippen LogP contribution in [0.2, 0.25) is 0 Å². The largest absolute Gasteiger partial charge is 0.507 e. The van der Waals surface area contributed by atoms with Gasteiger partial charge in [0.1, 0.15) is 11.5 Å². The summed E-state index contributed by atoms with van der Waals surface area (Å²) < 4.78 is 0. The van der Waals surface area contributed by atoms with Crippen molar-refractivity contribution in [2.45, 2.75) is 6.92 Å². The Morgan fingerprint density at radius 3 is 2.38 bits per heavy atom. The number of ketones is 2. The van der Waals surface area contributed by atoms with Crippen molar-refractivity contribution in [3.05, 3.63) is 57.6 Å². The highest BCUT2D eigenvalue weighted by Gasteiger charge is 2.35. The van der Waals surface area contributed by atoms with Gasteiger partial charge in [0.25, 0.3) is 0 Å². The van der Waals surface area contributed by atoms with Gasteiger partial charge in [-0.1, -0.05) is 12.1 Å². The van der Waals surface area contributed by atoms with E-state index in [-0.39, 0.29) is 33.6 Å². The van der Waals surface area contributed by atoms with Crippen LogP contribution in [-0.2, 0) is 0 Å². The van der Waals surface area contributed by atoms with Gasteiger partial charge in [0.05, 0.1) is 16.7 Å². The zero-order valence-electron chi connectivity index (χ0n) is 11.0. The van der Waals surface area contributed by atoms with Crippen LogP contribution >= 0.6 is 0 Å². The van der Waals surface area contributed by atoms with Crippen LogP contribution < -0.4 is 0 Å². The summed E-state index contributed by atoms with van der Waals surface area (Å²) in [5.41, 5.74) is 0.122. The molecule has 0 fully saturated rings. The summed E-state index contributed by atoms with van der Waals surface area (Å²) in [7, 11) is 0. The van der Waals surface area contributed by atoms with E-state index < -0.39 is 17.3 Å². The minimum absolute atomic E-state index is 0.0335. The third kappa shape index (κ3) is 1.61. The number of hydrogen-bond donors (Lipinski definition) is 2. The van der Waals surface area contributed by atoms with Crippen LogP contribution in [0.5, 0.6) is 11.5 Å². The molecule has 0 saturated heterocycles. The van der Waals surface area contributed by atoms with Crippen molar-refractivity contribution in [3.63, 3.8) is 0 Å². The van der Waals surface area contributed by atoms with Crippen LogP contribution in [-0.4, -0.2) is 28.1 Å². The van der Waals surface area contributed by atoms with Crippen LogP contribution in [0, 0.1) is 6.92 Å². The molecule has 1 aliphatic rings. The Morgan fingerprint density at radius 1 is 1.00 bits per heavy atom. The minimum Gasteiger partial charge on any atom is -0.507 e. The van der Waals surface area contributed by atoms with Crippen molar-refractivity contribution in [3.8, 4) is 11.5 Å². The van der Waals surface area contributed by atoms with Crippen LogP contribution in [0.3, 0.4) is 0 Å². The second-order valence-electron chi connectivity index (χ2n) is 4.85. The molecule has 0 aromatic heterocycles. The number of fused-ring (bicyclic) bond motifs is 2. The van der Waals surface area contributed by atoms with E-state index in [4.69, 9.17) is 0 Å². The first-order valence-corrected chi connectivity index (χ1v) is 6.20. The van der Waals surface area contributed by atoms with Gasteiger partial charge in [0.15, 0.2) is 12.1 Å². The van der Waals surface area contributed by atoms with Crippen molar-refractivity contribution < 1.29 is 24.6 Å². The topological polar surface area (TPSA) is 91.7 Å². The van der Waals surface area contributed by atoms with E-state index >= 15 is 0 Å². The molecule has 0 amide bonds. The molecule has 5 nitrogen and oxygen atoms in total. The number of aromatic hydroxyl groups is 2. The van der Waals surface area contributed by atoms with Gasteiger partial charge in [-0.3, -0.25) is 14.4 Å². The number of carbonyl (C=O) groups is 3. The highest BCUT2D eigenvalue weighted by molar-refractivity contribution is 6.30. The van der Waals surface area contributed by atoms with Crippen molar-refractivity contribution in [2.24, 2.45) is 0 Å². The predicted octanol–water partition coefficient (Wildman–Crippen LogP) is 1.99. The summed E-state index contributed by atoms with van der Waals surface area (Å²) in [6.07, 6.45) is 0.434. The lowest BCUT2D eigenvalue weighted by Crippen LogP contribution is -2.22. The van der Waals surface area contributed by atoms with E-state index in [9.17, 15) is 24.6 Å². The fraction of sp³-hybridized carbons (Fsp3) is 0.0625. The smallest absolute Gasteiger partial charge is 0.201 e. The summed E-state index contributed by atoms with van der Waals surface area (Å²) >= 11 is 0. The molecule has 0 heterocycles. The summed E-state index contributed by atoms with van der Waals surface area (Å²) in [6.45, 7) is 1.57. The number of phenolic OH excluding ortho intramolecular Hbond substituents is 2. The molecular weight excluding hydrogens is 272 g/mol. The van der Waals surface area contributed by atoms with Gasteiger partial charge >= 0.3 is 0 Å². The zero-order chi connectivity index (χ0) is 15.3. The normalized spacial score (nSPS) is 12.8. The fourth-order valence-corrected chi connectivity index (χ4v) is 2.61. The lowest BCUT2D eigenvalue weighted by Gasteiger charge is -2.20. The molecular formula is C16H10O5. The van der Waals surface area contributed by atoms with Crippen molar-refractivity contribution in [1.82, 2.24) is 0 Å². The molecule has 2 aromatic rings. The Bertz CT molecular complexity index is 833. The number of aldehydes is 1. The maximum absolute atomic E-state index is 12.5. The maximum Gasteiger partial charge on any atom is 0.201 e. The number of carbonyl (C=O) groups excluding carboxylic acids is 3. The summed E-state index contributed by atoms with van der Waals surface area (Å²) in [6, 6.07) is 5.61. The third-order valence-corrected chi connectivity index (χ3v) is 3.65. The van der Waals surface area contributed by atoms with E-state index in [1.807, 2.05) is 0 Å². The van der Waals surface area contributed by atoms with E-state index in [0.717, 1.165) is 0 Å². The highest BCUT2D eigenvalue weighted by atomic mass is 16.3. The molecule has 0 aliphatic heterocycles. The lowest BCUT2D eigenvalue weighted by molar-refractivity contribution is 0.0973. The minimum atomic E-state index is -0.668. The Kier molecular flexibility index (Phi) is 2.66. The molecule has 0 atom stereocenters. The van der Waals surface area contributed by atoms with Gasteiger partial charge in [0, 0.05) is 11.1 Å². The Morgan fingerprint density at radius 2 is 1.71 bits per heavy atom. The number of hydrogen-bond acceptors (Lipinski definition) is 5. The van der Waals surface area contributed by atoms with Gasteiger partial charge < -0.3 is 10.2 Å². The standard InChI is InChI=1S/C16H10O5/c1-7-5-9-13(15(20)10(7)6-17)16(21)12-8(14(9)19)3-2-4-11(12)18/h2-6,18,20H,1H3. The van der Waals surface area contributed by atoms with Crippen LogP contribution in [0.4, 0.5) is 0 Å². The second-order valence-corrected chi connectivity index (χ2v) is 4.85. The van der Waals surface area contributed by atoms with Gasteiger partial charge in [-0.2, -0.15) is 0 Å². The van der Waals surface area contributed by atoms with E-state index in [0.29, 0.717) is 11.8 Å². The molecule has 0 spiro atoms. The second kappa shape index (κ2) is 4.28. The first-order valence-electron chi connectivity index (χ1n) is 6.20. The van der Waals surface area contributed by atoms with Crippen molar-refractivity contribution >= 4 is 17.9 Å². The SMILES string of the molecule is Cc1cc2c(c(O)c1C=O)C(=O)c1c(O)cccc1C2=O. The van der Waals surface area contributed by atoms with Crippen LogP contribution in [0.25, 0.3) is 0 Å².